The molecule has 1 aromatic rings. The summed E-state index contributed by atoms with van der Waals surface area (Å²) in [6, 6.07) is 1.30. The smallest absolute Gasteiger partial charge is 0.361 e. The molecule has 0 bridgehead atoms. The van der Waals surface area contributed by atoms with Gasteiger partial charge in [-0.2, -0.15) is 13.2 Å². The Morgan fingerprint density at radius 2 is 2.12 bits per heavy atom. The van der Waals surface area contributed by atoms with Crippen LogP contribution in [-0.2, 0) is 4.74 Å². The van der Waals surface area contributed by atoms with Gasteiger partial charge in [-0.05, 0) is 13.0 Å². The quantitative estimate of drug-likeness (QED) is 0.779. The molecule has 0 N–H and O–H groups in total. The Balaban J connectivity index is 2.60. The van der Waals surface area contributed by atoms with E-state index < -0.39 is 24.7 Å². The molecular weight excluding hydrogens is 300 g/mol. The largest absolute Gasteiger partial charge is 0.414 e. The van der Waals surface area contributed by atoms with Gasteiger partial charge >= 0.3 is 6.18 Å². The lowest BCUT2D eigenvalue weighted by atomic mass is 10.2. The monoisotopic (exact) mass is 306 g/mol. The van der Waals surface area contributed by atoms with Crippen molar-refractivity contribution in [2.75, 3.05) is 6.61 Å². The molecule has 0 aliphatic carbocycles. The van der Waals surface area contributed by atoms with Gasteiger partial charge in [-0.1, -0.05) is 23.2 Å². The molecule has 0 saturated carbocycles. The van der Waals surface area contributed by atoms with Crippen molar-refractivity contribution in [3.05, 3.63) is 20.3 Å². The standard InChI is InChI=1S/C9H7Cl2F3O2S/c1-4(9(12,13)14)16-3-6(15)5-2-7(10)17-8(5)11/h2,4H,3H2,1H3. The lowest BCUT2D eigenvalue weighted by Gasteiger charge is -2.15. The maximum absolute atomic E-state index is 12.1. The summed E-state index contributed by atoms with van der Waals surface area (Å²) < 4.78 is 41.2. The van der Waals surface area contributed by atoms with Crippen LogP contribution in [0.25, 0.3) is 0 Å². The van der Waals surface area contributed by atoms with E-state index in [9.17, 15) is 18.0 Å². The highest BCUT2D eigenvalue weighted by Gasteiger charge is 2.37. The van der Waals surface area contributed by atoms with Gasteiger partial charge < -0.3 is 4.74 Å². The van der Waals surface area contributed by atoms with Crippen molar-refractivity contribution >= 4 is 40.3 Å². The summed E-state index contributed by atoms with van der Waals surface area (Å²) in [5.74, 6) is -0.630. The molecule has 0 amide bonds. The van der Waals surface area contributed by atoms with Crippen molar-refractivity contribution < 1.29 is 22.7 Å². The van der Waals surface area contributed by atoms with E-state index in [1.54, 1.807) is 0 Å². The lowest BCUT2D eigenvalue weighted by molar-refractivity contribution is -0.210. The summed E-state index contributed by atoms with van der Waals surface area (Å²) in [5.41, 5.74) is 0.0797. The number of carbonyl (C=O) groups excluding carboxylic acids is 1. The molecule has 1 rings (SSSR count). The van der Waals surface area contributed by atoms with Gasteiger partial charge in [-0.3, -0.25) is 4.79 Å². The van der Waals surface area contributed by atoms with E-state index in [1.807, 2.05) is 0 Å². The molecule has 17 heavy (non-hydrogen) atoms. The van der Waals surface area contributed by atoms with Crippen LogP contribution in [0.4, 0.5) is 13.2 Å². The number of rotatable bonds is 4. The lowest BCUT2D eigenvalue weighted by Crippen LogP contribution is -2.30. The van der Waals surface area contributed by atoms with Crippen LogP contribution in [0.1, 0.15) is 17.3 Å². The minimum Gasteiger partial charge on any atom is -0.361 e. The highest BCUT2D eigenvalue weighted by Crippen LogP contribution is 2.31. The molecule has 1 aromatic heterocycles. The number of hydrogen-bond acceptors (Lipinski definition) is 3. The van der Waals surface area contributed by atoms with E-state index in [4.69, 9.17) is 23.2 Å². The molecule has 0 aliphatic heterocycles. The van der Waals surface area contributed by atoms with Crippen molar-refractivity contribution in [2.24, 2.45) is 0 Å². The second kappa shape index (κ2) is 5.56. The normalized spacial score (nSPS) is 13.8. The van der Waals surface area contributed by atoms with Gasteiger partial charge in [-0.25, -0.2) is 0 Å². The van der Waals surface area contributed by atoms with E-state index in [-0.39, 0.29) is 9.90 Å². The van der Waals surface area contributed by atoms with Crippen LogP contribution in [0.5, 0.6) is 0 Å². The van der Waals surface area contributed by atoms with Gasteiger partial charge in [-0.15, -0.1) is 11.3 Å². The first-order chi connectivity index (χ1) is 7.71. The molecule has 96 valence electrons. The third-order valence-electron chi connectivity index (χ3n) is 1.88. The van der Waals surface area contributed by atoms with Crippen LogP contribution >= 0.6 is 34.5 Å². The van der Waals surface area contributed by atoms with Gasteiger partial charge in [0.15, 0.2) is 11.9 Å². The van der Waals surface area contributed by atoms with Crippen molar-refractivity contribution in [3.63, 3.8) is 0 Å². The molecule has 0 fully saturated rings. The molecule has 1 heterocycles. The Kier molecular flexibility index (Phi) is 4.83. The zero-order valence-electron chi connectivity index (χ0n) is 8.48. The molecule has 0 spiro atoms. The molecule has 1 unspecified atom stereocenters. The number of Topliss-reactive ketones (excluding diaryl/α,β-unsaturated/α-hetero) is 1. The Morgan fingerprint density at radius 1 is 1.53 bits per heavy atom. The fraction of sp³-hybridized carbons (Fsp3) is 0.444. The highest BCUT2D eigenvalue weighted by atomic mass is 35.5. The van der Waals surface area contributed by atoms with Gasteiger partial charge in [0.05, 0.1) is 9.90 Å². The summed E-state index contributed by atoms with van der Waals surface area (Å²) in [5, 5.41) is 0. The molecule has 2 nitrogen and oxygen atoms in total. The Bertz CT molecular complexity index is 417. The zero-order valence-corrected chi connectivity index (χ0v) is 10.8. The summed E-state index contributed by atoms with van der Waals surface area (Å²) in [6.07, 6.45) is -6.49. The summed E-state index contributed by atoms with van der Waals surface area (Å²) in [6.45, 7) is 0.142. The minimum absolute atomic E-state index is 0.0797. The third kappa shape index (κ3) is 4.13. The van der Waals surface area contributed by atoms with Gasteiger partial charge in [0, 0.05) is 0 Å². The molecule has 1 atom stereocenters. The molecule has 8 heteroatoms. The number of thiophene rings is 1. The van der Waals surface area contributed by atoms with Gasteiger partial charge in [0.1, 0.15) is 10.9 Å². The summed E-state index contributed by atoms with van der Waals surface area (Å²) >= 11 is 12.3. The van der Waals surface area contributed by atoms with Crippen LogP contribution in [-0.4, -0.2) is 24.7 Å². The summed E-state index contributed by atoms with van der Waals surface area (Å²) in [4.78, 5) is 11.5. The van der Waals surface area contributed by atoms with Crippen LogP contribution in [0, 0.1) is 0 Å². The van der Waals surface area contributed by atoms with Crippen molar-refractivity contribution in [1.82, 2.24) is 0 Å². The number of alkyl halides is 3. The second-order valence-electron chi connectivity index (χ2n) is 3.16. The van der Waals surface area contributed by atoms with E-state index in [0.717, 1.165) is 18.3 Å². The fourth-order valence-corrected chi connectivity index (χ4v) is 2.40. The van der Waals surface area contributed by atoms with E-state index in [1.165, 1.54) is 6.07 Å². The topological polar surface area (TPSA) is 26.3 Å². The van der Waals surface area contributed by atoms with E-state index in [0.29, 0.717) is 4.34 Å². The number of ether oxygens (including phenoxy) is 1. The summed E-state index contributed by atoms with van der Waals surface area (Å²) in [7, 11) is 0. The van der Waals surface area contributed by atoms with Crippen LogP contribution in [0.2, 0.25) is 8.67 Å². The van der Waals surface area contributed by atoms with Gasteiger partial charge in [0.2, 0.25) is 0 Å². The van der Waals surface area contributed by atoms with Crippen molar-refractivity contribution in [3.8, 4) is 0 Å². The molecule has 0 aliphatic rings. The third-order valence-corrected chi connectivity index (χ3v) is 3.37. The number of ketones is 1. The Hall–Kier alpha value is -0.300. The van der Waals surface area contributed by atoms with E-state index >= 15 is 0 Å². The number of halogens is 5. The Labute approximate surface area is 109 Å². The first kappa shape index (κ1) is 14.8. The zero-order chi connectivity index (χ0) is 13.2. The number of hydrogen-bond donors (Lipinski definition) is 0. The maximum Gasteiger partial charge on any atom is 0.414 e. The molecule has 0 radical (unpaired) electrons. The minimum atomic E-state index is -4.49. The fourth-order valence-electron chi connectivity index (χ4n) is 0.903. The van der Waals surface area contributed by atoms with Crippen molar-refractivity contribution in [2.45, 2.75) is 19.2 Å². The van der Waals surface area contributed by atoms with Crippen LogP contribution < -0.4 is 0 Å². The maximum atomic E-state index is 12.1. The first-order valence-electron chi connectivity index (χ1n) is 4.38. The average molecular weight is 307 g/mol. The molecule has 0 aromatic carbocycles. The SMILES string of the molecule is CC(OCC(=O)c1cc(Cl)sc1Cl)C(F)(F)F. The number of carbonyl (C=O) groups is 1. The highest BCUT2D eigenvalue weighted by molar-refractivity contribution is 7.20. The predicted molar refractivity (Wildman–Crippen MR) is 60.1 cm³/mol. The van der Waals surface area contributed by atoms with Crippen LogP contribution in [0.15, 0.2) is 6.07 Å². The van der Waals surface area contributed by atoms with Gasteiger partial charge in [0.25, 0.3) is 0 Å². The average Bonchev–Trinajstić information content (AvgIpc) is 2.52. The van der Waals surface area contributed by atoms with E-state index in [2.05, 4.69) is 4.74 Å². The molecule has 0 saturated heterocycles. The Morgan fingerprint density at radius 3 is 2.53 bits per heavy atom. The van der Waals surface area contributed by atoms with Crippen LogP contribution in [0.3, 0.4) is 0 Å². The predicted octanol–water partition coefficient (Wildman–Crippen LogP) is 4.21. The molecular formula is C9H7Cl2F3O2S. The first-order valence-corrected chi connectivity index (χ1v) is 5.95. The second-order valence-corrected chi connectivity index (χ2v) is 5.44. The van der Waals surface area contributed by atoms with Crippen molar-refractivity contribution in [1.29, 1.82) is 0 Å².